The standard InChI is InChI=1S/C29H33F3N10/c1-2-34-15-19-11-24(29(30,31)32)40-25(12-19)39-21-4-9-41(10-5-21)22-13-28(14-22,6-7-33)42-17-20(16-38-42)26-23-3-8-35-27(23)37-18-36-26/h3,8,11-12,16-18,21-22,34H,2,4-6,9-10,13-15H2,1H3,(H,39,40)(H,35,36,37)/t22-,28+. The summed E-state index contributed by atoms with van der Waals surface area (Å²) in [7, 11) is 0. The number of piperidine rings is 1. The quantitative estimate of drug-likeness (QED) is 0.261. The highest BCUT2D eigenvalue weighted by molar-refractivity contribution is 5.90. The second-order valence-corrected chi connectivity index (χ2v) is 11.2. The highest BCUT2D eigenvalue weighted by Crippen LogP contribution is 2.45. The largest absolute Gasteiger partial charge is 0.433 e. The molecule has 1 saturated heterocycles. The molecule has 0 radical (unpaired) electrons. The van der Waals surface area contributed by atoms with Gasteiger partial charge in [0.1, 0.15) is 23.5 Å². The van der Waals surface area contributed by atoms with E-state index in [1.807, 2.05) is 30.1 Å². The van der Waals surface area contributed by atoms with Crippen LogP contribution in [0.5, 0.6) is 0 Å². The van der Waals surface area contributed by atoms with E-state index in [-0.39, 0.29) is 17.4 Å². The molecule has 2 fully saturated rings. The Bertz CT molecular complexity index is 1570. The monoisotopic (exact) mass is 578 g/mol. The molecule has 3 N–H and O–H groups in total. The van der Waals surface area contributed by atoms with E-state index in [1.165, 1.54) is 6.33 Å². The fourth-order valence-corrected chi connectivity index (χ4v) is 6.24. The van der Waals surface area contributed by atoms with Crippen molar-refractivity contribution in [2.24, 2.45) is 0 Å². The van der Waals surface area contributed by atoms with Gasteiger partial charge in [-0.25, -0.2) is 15.0 Å². The minimum Gasteiger partial charge on any atom is -0.367 e. The van der Waals surface area contributed by atoms with Gasteiger partial charge in [0.05, 0.1) is 29.9 Å². The number of nitrogens with one attached hydrogen (secondary N) is 3. The highest BCUT2D eigenvalue weighted by atomic mass is 19.4. The molecule has 0 unspecified atom stereocenters. The summed E-state index contributed by atoms with van der Waals surface area (Å²) in [6.07, 6.45) is 6.22. The molecule has 4 aromatic heterocycles. The maximum absolute atomic E-state index is 13.5. The summed E-state index contributed by atoms with van der Waals surface area (Å²) < 4.78 is 42.3. The van der Waals surface area contributed by atoms with Crippen LogP contribution in [0.4, 0.5) is 19.0 Å². The van der Waals surface area contributed by atoms with Crippen molar-refractivity contribution < 1.29 is 13.2 Å². The molecule has 2 aliphatic rings. The van der Waals surface area contributed by atoms with Crippen molar-refractivity contribution in [3.8, 4) is 17.3 Å². The van der Waals surface area contributed by atoms with Crippen molar-refractivity contribution in [1.82, 2.24) is 39.9 Å². The first-order valence-electron chi connectivity index (χ1n) is 14.3. The second-order valence-electron chi connectivity index (χ2n) is 11.2. The minimum atomic E-state index is -4.50. The summed E-state index contributed by atoms with van der Waals surface area (Å²) in [5.74, 6) is 0.267. The minimum absolute atomic E-state index is 0.0416. The van der Waals surface area contributed by atoms with E-state index in [1.54, 1.807) is 12.3 Å². The molecule has 1 saturated carbocycles. The Balaban J connectivity index is 1.09. The van der Waals surface area contributed by atoms with E-state index in [0.29, 0.717) is 31.1 Å². The summed E-state index contributed by atoms with van der Waals surface area (Å²) in [5, 5.41) is 21.6. The lowest BCUT2D eigenvalue weighted by atomic mass is 9.69. The van der Waals surface area contributed by atoms with Crippen LogP contribution in [0.2, 0.25) is 0 Å². The number of rotatable bonds is 9. The number of aromatic nitrogens is 6. The average Bonchev–Trinajstić information content (AvgIpc) is 3.64. The average molecular weight is 579 g/mol. The number of aromatic amines is 1. The Morgan fingerprint density at radius 3 is 2.74 bits per heavy atom. The topological polar surface area (TPSA) is 123 Å². The Kier molecular flexibility index (Phi) is 7.59. The zero-order valence-corrected chi connectivity index (χ0v) is 23.3. The van der Waals surface area contributed by atoms with Crippen LogP contribution >= 0.6 is 0 Å². The van der Waals surface area contributed by atoms with Crippen molar-refractivity contribution in [2.45, 2.75) is 69.4 Å². The number of nitriles is 1. The van der Waals surface area contributed by atoms with Crippen molar-refractivity contribution >= 4 is 16.9 Å². The van der Waals surface area contributed by atoms with Crippen LogP contribution in [0.25, 0.3) is 22.3 Å². The van der Waals surface area contributed by atoms with Gasteiger partial charge in [-0.15, -0.1) is 0 Å². The molecule has 0 spiro atoms. The van der Waals surface area contributed by atoms with Crippen LogP contribution < -0.4 is 10.6 Å². The lowest BCUT2D eigenvalue weighted by Crippen LogP contribution is -2.58. The number of nitrogens with zero attached hydrogens (tertiary/aromatic N) is 7. The van der Waals surface area contributed by atoms with Gasteiger partial charge < -0.3 is 20.5 Å². The molecule has 0 atom stereocenters. The van der Waals surface area contributed by atoms with E-state index >= 15 is 0 Å². The number of hydrogen-bond donors (Lipinski definition) is 3. The Labute approximate surface area is 241 Å². The van der Waals surface area contributed by atoms with Gasteiger partial charge in [0.25, 0.3) is 0 Å². The predicted octanol–water partition coefficient (Wildman–Crippen LogP) is 4.69. The third kappa shape index (κ3) is 5.56. The highest BCUT2D eigenvalue weighted by Gasteiger charge is 2.49. The molecule has 13 heteroatoms. The molecule has 0 aromatic carbocycles. The number of pyridine rings is 1. The van der Waals surface area contributed by atoms with E-state index in [2.05, 4.69) is 46.6 Å². The first kappa shape index (κ1) is 28.1. The van der Waals surface area contributed by atoms with Crippen LogP contribution in [0, 0.1) is 11.3 Å². The van der Waals surface area contributed by atoms with Gasteiger partial charge in [0.2, 0.25) is 0 Å². The number of anilines is 1. The number of hydrogen-bond acceptors (Lipinski definition) is 8. The molecule has 5 heterocycles. The third-order valence-corrected chi connectivity index (χ3v) is 8.49. The van der Waals surface area contributed by atoms with E-state index < -0.39 is 11.9 Å². The summed E-state index contributed by atoms with van der Waals surface area (Å²) in [5.41, 5.74) is 1.75. The Morgan fingerprint density at radius 2 is 2.00 bits per heavy atom. The van der Waals surface area contributed by atoms with Crippen LogP contribution in [-0.2, 0) is 18.3 Å². The maximum Gasteiger partial charge on any atom is 0.433 e. The molecule has 1 aliphatic heterocycles. The molecule has 0 amide bonds. The molecular formula is C29H33F3N10. The molecular weight excluding hydrogens is 545 g/mol. The first-order chi connectivity index (χ1) is 20.3. The molecule has 1 aliphatic carbocycles. The van der Waals surface area contributed by atoms with Gasteiger partial charge in [-0.3, -0.25) is 4.68 Å². The lowest BCUT2D eigenvalue weighted by molar-refractivity contribution is -0.141. The summed E-state index contributed by atoms with van der Waals surface area (Å²) >= 11 is 0. The smallest absolute Gasteiger partial charge is 0.367 e. The number of halogens is 3. The summed E-state index contributed by atoms with van der Waals surface area (Å²) in [6.45, 7) is 4.59. The van der Waals surface area contributed by atoms with Crippen LogP contribution in [-0.4, -0.2) is 66.3 Å². The van der Waals surface area contributed by atoms with E-state index in [4.69, 9.17) is 0 Å². The predicted molar refractivity (Wildman–Crippen MR) is 151 cm³/mol. The van der Waals surface area contributed by atoms with Gasteiger partial charge in [-0.05, 0) is 56.0 Å². The molecule has 4 aromatic rings. The van der Waals surface area contributed by atoms with Crippen LogP contribution in [0.1, 0.15) is 50.3 Å². The first-order valence-corrected chi connectivity index (χ1v) is 14.3. The summed E-state index contributed by atoms with van der Waals surface area (Å²) in [6, 6.07) is 7.48. The normalized spacial score (nSPS) is 21.7. The molecule has 6 rings (SSSR count). The Hall–Kier alpha value is -4.02. The molecule has 42 heavy (non-hydrogen) atoms. The van der Waals surface area contributed by atoms with Crippen LogP contribution in [0.3, 0.4) is 0 Å². The molecule has 10 nitrogen and oxygen atoms in total. The lowest BCUT2D eigenvalue weighted by Gasteiger charge is -2.52. The Morgan fingerprint density at radius 1 is 1.19 bits per heavy atom. The van der Waals surface area contributed by atoms with Crippen LogP contribution in [0.15, 0.2) is 43.1 Å². The fourth-order valence-electron chi connectivity index (χ4n) is 6.24. The SMILES string of the molecule is CCNCc1cc(NC2CCN([C@H]3C[C@@](CC#N)(n4cc(-c5ncnc6[nH]ccc56)cn4)C3)CC2)nc(C(F)(F)F)c1. The second kappa shape index (κ2) is 11.3. The van der Waals surface area contributed by atoms with Crippen molar-refractivity contribution in [2.75, 3.05) is 25.0 Å². The van der Waals surface area contributed by atoms with E-state index in [0.717, 1.165) is 67.1 Å². The zero-order valence-electron chi connectivity index (χ0n) is 23.3. The van der Waals surface area contributed by atoms with Crippen molar-refractivity contribution in [1.29, 1.82) is 5.26 Å². The zero-order chi connectivity index (χ0) is 29.3. The molecule has 0 bridgehead atoms. The number of H-pyrrole nitrogens is 1. The van der Waals surface area contributed by atoms with Crippen molar-refractivity contribution in [3.63, 3.8) is 0 Å². The van der Waals surface area contributed by atoms with Gasteiger partial charge in [0, 0.05) is 55.1 Å². The number of likely N-dealkylation sites (tertiary alicyclic amines) is 1. The molecule has 220 valence electrons. The van der Waals surface area contributed by atoms with E-state index in [9.17, 15) is 18.4 Å². The maximum atomic E-state index is 13.5. The number of alkyl halides is 3. The van der Waals surface area contributed by atoms with Gasteiger partial charge >= 0.3 is 6.18 Å². The number of fused-ring (bicyclic) bond motifs is 1. The van der Waals surface area contributed by atoms with Gasteiger partial charge in [-0.2, -0.15) is 23.5 Å². The van der Waals surface area contributed by atoms with Gasteiger partial charge in [-0.1, -0.05) is 6.92 Å². The fraction of sp³-hybridized carbons (Fsp3) is 0.483. The summed E-state index contributed by atoms with van der Waals surface area (Å²) in [4.78, 5) is 18.1. The van der Waals surface area contributed by atoms with Gasteiger partial charge in [0.15, 0.2) is 0 Å². The van der Waals surface area contributed by atoms with Crippen molar-refractivity contribution in [3.05, 3.63) is 54.4 Å². The third-order valence-electron chi connectivity index (χ3n) is 8.49.